The van der Waals surface area contributed by atoms with E-state index in [0.717, 1.165) is 32.0 Å². The summed E-state index contributed by atoms with van der Waals surface area (Å²) in [4.78, 5) is 4.41. The molecule has 5 heteroatoms. The van der Waals surface area contributed by atoms with Gasteiger partial charge in [-0.25, -0.2) is 4.57 Å². The highest BCUT2D eigenvalue weighted by atomic mass is 32.1. The zero-order chi connectivity index (χ0) is 20.4. The molecule has 0 spiro atoms. The number of ether oxygens (including phenoxy) is 1. The molecular weight excluding hydrogens is 366 g/mol. The Labute approximate surface area is 175 Å². The number of benzene rings is 1. The summed E-state index contributed by atoms with van der Waals surface area (Å²) in [6, 6.07) is 12.9. The summed E-state index contributed by atoms with van der Waals surface area (Å²) in [6.45, 7) is 6.11. The van der Waals surface area contributed by atoms with Gasteiger partial charge in [0.15, 0.2) is 18.9 Å². The van der Waals surface area contributed by atoms with Crippen molar-refractivity contribution in [2.24, 2.45) is 0 Å². The first-order valence-electron chi connectivity index (χ1n) is 9.83. The summed E-state index contributed by atoms with van der Waals surface area (Å²) in [5.74, 6) is 0.903. The standard InChI is InChI=1S/C20H27N3S.C3H6O/c1-21(2)20-8-6-18(7-9-20)4-5-19-10-12-23(13-11-19)15-14-22(3)16-17-24;1-3-2-4-3/h4-13H,14-17H2,1-3H3;3H,2H2,1H3/p+1. The number of pyridine rings is 1. The molecule has 0 N–H and O–H groups in total. The number of nitrogens with zero attached hydrogens (tertiary/aromatic N) is 3. The highest BCUT2D eigenvalue weighted by Crippen LogP contribution is 2.14. The molecule has 0 amide bonds. The van der Waals surface area contributed by atoms with E-state index in [1.165, 1.54) is 16.8 Å². The van der Waals surface area contributed by atoms with E-state index in [0.29, 0.717) is 6.10 Å². The number of anilines is 1. The number of aromatic nitrogens is 1. The van der Waals surface area contributed by atoms with Gasteiger partial charge in [-0.1, -0.05) is 24.3 Å². The SMILES string of the molecule is CC1CO1.CN(CCS)CC[n+]1ccc(/C=C/c2ccc(N(C)C)cc2)cc1. The second-order valence-electron chi connectivity index (χ2n) is 7.36. The van der Waals surface area contributed by atoms with Gasteiger partial charge in [-0.05, 0) is 37.2 Å². The van der Waals surface area contributed by atoms with Crippen molar-refractivity contribution in [3.05, 3.63) is 59.9 Å². The Kier molecular flexibility index (Phi) is 9.55. The number of likely N-dealkylation sites (N-methyl/N-ethyl adjacent to an activating group) is 1. The molecule has 1 aliphatic rings. The van der Waals surface area contributed by atoms with E-state index in [1.807, 2.05) is 0 Å². The molecular formula is C23H34N3OS+. The van der Waals surface area contributed by atoms with E-state index < -0.39 is 0 Å². The lowest BCUT2D eigenvalue weighted by atomic mass is 10.1. The molecule has 152 valence electrons. The lowest BCUT2D eigenvalue weighted by Gasteiger charge is -2.12. The monoisotopic (exact) mass is 400 g/mol. The largest absolute Gasteiger partial charge is 0.378 e. The summed E-state index contributed by atoms with van der Waals surface area (Å²) in [7, 11) is 6.25. The predicted octanol–water partition coefficient (Wildman–Crippen LogP) is 3.48. The van der Waals surface area contributed by atoms with E-state index in [2.05, 4.69) is 116 Å². The number of thiol groups is 1. The van der Waals surface area contributed by atoms with Gasteiger partial charge in [0.2, 0.25) is 0 Å². The lowest BCUT2D eigenvalue weighted by Crippen LogP contribution is -2.39. The molecule has 2 heterocycles. The molecule has 4 nitrogen and oxygen atoms in total. The lowest BCUT2D eigenvalue weighted by molar-refractivity contribution is -0.696. The average molecular weight is 401 g/mol. The second kappa shape index (κ2) is 11.9. The van der Waals surface area contributed by atoms with Crippen LogP contribution in [0, 0.1) is 0 Å². The maximum atomic E-state index is 4.71. The Morgan fingerprint density at radius 1 is 1.00 bits per heavy atom. The molecule has 1 unspecified atom stereocenters. The fourth-order valence-corrected chi connectivity index (χ4v) is 2.81. The maximum absolute atomic E-state index is 4.71. The fraction of sp³-hybridized carbons (Fsp3) is 0.435. The van der Waals surface area contributed by atoms with Crippen LogP contribution in [0.1, 0.15) is 18.1 Å². The third kappa shape index (κ3) is 8.91. The minimum atomic E-state index is 0.583. The van der Waals surface area contributed by atoms with Crippen LogP contribution in [-0.2, 0) is 11.3 Å². The number of hydrogen-bond acceptors (Lipinski definition) is 4. The Bertz CT molecular complexity index is 710. The fourth-order valence-electron chi connectivity index (χ4n) is 2.47. The number of rotatable bonds is 8. The molecule has 28 heavy (non-hydrogen) atoms. The Morgan fingerprint density at radius 2 is 1.54 bits per heavy atom. The van der Waals surface area contributed by atoms with Crippen molar-refractivity contribution in [1.29, 1.82) is 0 Å². The van der Waals surface area contributed by atoms with Crippen LogP contribution in [0.25, 0.3) is 12.2 Å². The molecule has 1 atom stereocenters. The number of epoxide rings is 1. The minimum absolute atomic E-state index is 0.583. The van der Waals surface area contributed by atoms with Crippen LogP contribution in [-0.4, -0.2) is 57.6 Å². The van der Waals surface area contributed by atoms with E-state index in [9.17, 15) is 0 Å². The van der Waals surface area contributed by atoms with Crippen molar-refractivity contribution in [3.63, 3.8) is 0 Å². The first kappa shape index (κ1) is 22.5. The molecule has 0 bridgehead atoms. The summed E-state index contributed by atoms with van der Waals surface area (Å²) in [5.41, 5.74) is 3.65. The molecule has 2 aromatic rings. The second-order valence-corrected chi connectivity index (χ2v) is 7.81. The topological polar surface area (TPSA) is 22.9 Å². The molecule has 3 rings (SSSR count). The van der Waals surface area contributed by atoms with Crippen LogP contribution in [0.5, 0.6) is 0 Å². The van der Waals surface area contributed by atoms with Crippen molar-refractivity contribution in [3.8, 4) is 0 Å². The van der Waals surface area contributed by atoms with Gasteiger partial charge < -0.3 is 9.64 Å². The molecule has 1 saturated heterocycles. The first-order valence-corrected chi connectivity index (χ1v) is 10.5. The summed E-state index contributed by atoms with van der Waals surface area (Å²) in [6.07, 6.45) is 9.17. The highest BCUT2D eigenvalue weighted by molar-refractivity contribution is 7.80. The first-order chi connectivity index (χ1) is 13.5. The maximum Gasteiger partial charge on any atom is 0.169 e. The van der Waals surface area contributed by atoms with E-state index in [4.69, 9.17) is 4.74 Å². The van der Waals surface area contributed by atoms with Crippen molar-refractivity contribution < 1.29 is 9.30 Å². The minimum Gasteiger partial charge on any atom is -0.378 e. The average Bonchev–Trinajstić information content (AvgIpc) is 3.48. The molecule has 0 aliphatic carbocycles. The summed E-state index contributed by atoms with van der Waals surface area (Å²) in [5, 5.41) is 0. The molecule has 1 fully saturated rings. The zero-order valence-electron chi connectivity index (χ0n) is 17.6. The quantitative estimate of drug-likeness (QED) is 0.417. The Hall–Kier alpha value is -1.82. The van der Waals surface area contributed by atoms with Crippen LogP contribution in [0.2, 0.25) is 0 Å². The van der Waals surface area contributed by atoms with Gasteiger partial charge in [0.25, 0.3) is 0 Å². The molecule has 1 aromatic heterocycles. The van der Waals surface area contributed by atoms with Crippen LogP contribution in [0.3, 0.4) is 0 Å². The van der Waals surface area contributed by atoms with Gasteiger partial charge in [0.1, 0.15) is 0 Å². The van der Waals surface area contributed by atoms with Crippen molar-refractivity contribution >= 4 is 30.5 Å². The highest BCUT2D eigenvalue weighted by Gasteiger charge is 2.13. The molecule has 1 aliphatic heterocycles. The van der Waals surface area contributed by atoms with Gasteiger partial charge >= 0.3 is 0 Å². The van der Waals surface area contributed by atoms with Gasteiger partial charge in [-0.15, -0.1) is 0 Å². The number of hydrogen-bond donors (Lipinski definition) is 1. The third-order valence-corrected chi connectivity index (χ3v) is 4.72. The molecule has 1 aromatic carbocycles. The van der Waals surface area contributed by atoms with Gasteiger partial charge in [-0.2, -0.15) is 12.6 Å². The molecule has 0 saturated carbocycles. The Balaban J connectivity index is 0.000000620. The summed E-state index contributed by atoms with van der Waals surface area (Å²) < 4.78 is 6.93. The van der Waals surface area contributed by atoms with Crippen LogP contribution >= 0.6 is 12.6 Å². The summed E-state index contributed by atoms with van der Waals surface area (Å²) >= 11 is 4.26. The van der Waals surface area contributed by atoms with Gasteiger partial charge in [0, 0.05) is 44.2 Å². The van der Waals surface area contributed by atoms with Crippen LogP contribution in [0.4, 0.5) is 5.69 Å². The third-order valence-electron chi connectivity index (χ3n) is 4.52. The zero-order valence-corrected chi connectivity index (χ0v) is 18.5. The predicted molar refractivity (Wildman–Crippen MR) is 123 cm³/mol. The normalized spacial score (nSPS) is 15.4. The van der Waals surface area contributed by atoms with Crippen molar-refractivity contribution in [2.45, 2.75) is 19.6 Å². The molecule has 0 radical (unpaired) electrons. The van der Waals surface area contributed by atoms with Crippen LogP contribution < -0.4 is 9.47 Å². The van der Waals surface area contributed by atoms with Crippen molar-refractivity contribution in [2.75, 3.05) is 51.5 Å². The van der Waals surface area contributed by atoms with E-state index in [-0.39, 0.29) is 0 Å². The van der Waals surface area contributed by atoms with Gasteiger partial charge in [0.05, 0.1) is 19.3 Å². The van der Waals surface area contributed by atoms with E-state index >= 15 is 0 Å². The van der Waals surface area contributed by atoms with Crippen molar-refractivity contribution in [1.82, 2.24) is 4.90 Å². The van der Waals surface area contributed by atoms with Crippen LogP contribution in [0.15, 0.2) is 48.8 Å². The van der Waals surface area contributed by atoms with Gasteiger partial charge in [-0.3, -0.25) is 4.90 Å². The van der Waals surface area contributed by atoms with E-state index in [1.54, 1.807) is 0 Å². The smallest absolute Gasteiger partial charge is 0.169 e. The Morgan fingerprint density at radius 3 is 2.00 bits per heavy atom.